The number of ether oxygens (including phenoxy) is 4. The Hall–Kier alpha value is -4.02. The molecule has 0 aliphatic carbocycles. The highest BCUT2D eigenvalue weighted by Gasteiger charge is 2.30. The second-order valence-corrected chi connectivity index (χ2v) is 28.5. The van der Waals surface area contributed by atoms with E-state index in [9.17, 15) is 43.2 Å². The Morgan fingerprint density at radius 3 is 0.898 bits per heavy atom. The van der Waals surface area contributed by atoms with Gasteiger partial charge in [-0.15, -0.1) is 0 Å². The van der Waals surface area contributed by atoms with Crippen molar-refractivity contribution in [3.05, 3.63) is 97.2 Å². The normalized spacial score (nSPS) is 14.5. The summed E-state index contributed by atoms with van der Waals surface area (Å²) in [6, 6.07) is 0. The second kappa shape index (κ2) is 71.4. The van der Waals surface area contributed by atoms with E-state index in [4.69, 9.17) is 37.0 Å². The number of carbonyl (C=O) groups excluding carboxylic acids is 4. The third-order valence-electron chi connectivity index (χ3n) is 16.0. The maximum atomic E-state index is 13.1. The van der Waals surface area contributed by atoms with Crippen LogP contribution in [0.4, 0.5) is 0 Å². The molecule has 0 spiro atoms. The summed E-state index contributed by atoms with van der Waals surface area (Å²) >= 11 is 0. The van der Waals surface area contributed by atoms with Crippen LogP contribution in [0.3, 0.4) is 0 Å². The van der Waals surface area contributed by atoms with Crippen LogP contribution >= 0.6 is 15.6 Å². The van der Waals surface area contributed by atoms with Crippen molar-refractivity contribution >= 4 is 39.5 Å². The van der Waals surface area contributed by atoms with Crippen LogP contribution in [0.25, 0.3) is 0 Å². The van der Waals surface area contributed by atoms with E-state index >= 15 is 0 Å². The van der Waals surface area contributed by atoms with Crippen LogP contribution in [0.15, 0.2) is 97.2 Å². The largest absolute Gasteiger partial charge is 0.472 e. The lowest BCUT2D eigenvalue weighted by Crippen LogP contribution is -2.30. The lowest BCUT2D eigenvalue weighted by Gasteiger charge is -2.21. The molecule has 0 aliphatic rings. The van der Waals surface area contributed by atoms with E-state index in [1.807, 2.05) is 12.2 Å². The Balaban J connectivity index is 5.42. The highest BCUT2D eigenvalue weighted by atomic mass is 31.2. The molecule has 0 saturated heterocycles. The standard InChI is InChI=1S/C79H138O17P2/c1-5-9-13-17-21-25-29-33-35-36-38-42-46-50-54-58-62-66-79(84)96-75(70-90-77(82)64-60-56-52-48-44-41-37-34-30-26-22-18-14-10-6-2)72-94-98(87,88)92-68-73(80)67-91-97(85,86)93-71-74(95-78(83)65-61-57-53-49-45-40-32-28-24-20-16-12-8-4)69-89-76(81)63-59-55-51-47-43-39-31-27-23-19-15-11-7-3/h21,25-28,30-35,37-38,42,50,54,73-75,80H,5-20,22-24,29,36,39-41,43-49,51-53,55-72H2,1-4H3,(H,85,86)(H,87,88)/b25-21-,30-26-,31-27-,32-28-,35-33-,37-34-,42-38-,54-50-/t73-,74+,75+/m0/s1. The van der Waals surface area contributed by atoms with E-state index in [0.717, 1.165) is 141 Å². The minimum absolute atomic E-state index is 0.0155. The summed E-state index contributed by atoms with van der Waals surface area (Å²) in [5, 5.41) is 10.6. The fourth-order valence-corrected chi connectivity index (χ4v) is 11.7. The molecule has 0 aliphatic heterocycles. The smallest absolute Gasteiger partial charge is 0.462 e. The van der Waals surface area contributed by atoms with Gasteiger partial charge in [-0.25, -0.2) is 9.13 Å². The summed E-state index contributed by atoms with van der Waals surface area (Å²) in [5.41, 5.74) is 0. The second-order valence-electron chi connectivity index (χ2n) is 25.6. The van der Waals surface area contributed by atoms with Crippen LogP contribution in [0.5, 0.6) is 0 Å². The van der Waals surface area contributed by atoms with Crippen LogP contribution in [-0.4, -0.2) is 96.7 Å². The highest BCUT2D eigenvalue weighted by molar-refractivity contribution is 7.47. The molecule has 98 heavy (non-hydrogen) atoms. The first kappa shape index (κ1) is 94.0. The zero-order chi connectivity index (χ0) is 71.8. The average molecular weight is 1420 g/mol. The molecule has 0 aromatic rings. The van der Waals surface area contributed by atoms with Crippen LogP contribution in [0.2, 0.25) is 0 Å². The van der Waals surface area contributed by atoms with Crippen molar-refractivity contribution in [1.82, 2.24) is 0 Å². The molecule has 0 aromatic carbocycles. The quantitative estimate of drug-likeness (QED) is 0.0128. The number of hydrogen-bond donors (Lipinski definition) is 3. The van der Waals surface area contributed by atoms with Gasteiger partial charge in [0, 0.05) is 25.7 Å². The molecule has 5 atom stereocenters. The minimum Gasteiger partial charge on any atom is -0.462 e. The third kappa shape index (κ3) is 70.4. The van der Waals surface area contributed by atoms with Crippen LogP contribution in [0, 0.1) is 0 Å². The predicted molar refractivity (Wildman–Crippen MR) is 399 cm³/mol. The average Bonchev–Trinajstić information content (AvgIpc) is 1.02. The van der Waals surface area contributed by atoms with E-state index in [1.54, 1.807) is 0 Å². The summed E-state index contributed by atoms with van der Waals surface area (Å²) in [6.45, 7) is 4.71. The maximum absolute atomic E-state index is 13.1. The molecule has 0 radical (unpaired) electrons. The van der Waals surface area contributed by atoms with Crippen molar-refractivity contribution in [3.8, 4) is 0 Å². The highest BCUT2D eigenvalue weighted by Crippen LogP contribution is 2.45. The number of esters is 4. The van der Waals surface area contributed by atoms with Crippen molar-refractivity contribution in [3.63, 3.8) is 0 Å². The zero-order valence-electron chi connectivity index (χ0n) is 61.7. The number of phosphoric acid groups is 2. The number of hydrogen-bond acceptors (Lipinski definition) is 15. The lowest BCUT2D eigenvalue weighted by molar-refractivity contribution is -0.161. The molecule has 0 saturated carbocycles. The maximum Gasteiger partial charge on any atom is 0.472 e. The molecule has 0 fully saturated rings. The van der Waals surface area contributed by atoms with E-state index in [1.165, 1.54) is 96.3 Å². The van der Waals surface area contributed by atoms with Gasteiger partial charge >= 0.3 is 39.5 Å². The van der Waals surface area contributed by atoms with E-state index in [-0.39, 0.29) is 25.7 Å². The summed E-state index contributed by atoms with van der Waals surface area (Å²) in [6.07, 6.45) is 74.0. The van der Waals surface area contributed by atoms with Crippen molar-refractivity contribution in [2.75, 3.05) is 39.6 Å². The first-order valence-electron chi connectivity index (χ1n) is 38.5. The van der Waals surface area contributed by atoms with Crippen LogP contribution in [0.1, 0.15) is 323 Å². The lowest BCUT2D eigenvalue weighted by atomic mass is 10.1. The monoisotopic (exact) mass is 1420 g/mol. The molecule has 3 N–H and O–H groups in total. The Kier molecular flexibility index (Phi) is 68.4. The van der Waals surface area contributed by atoms with Gasteiger partial charge in [0.15, 0.2) is 12.2 Å². The molecule has 0 bridgehead atoms. The number of phosphoric ester groups is 2. The van der Waals surface area contributed by atoms with Gasteiger partial charge in [0.25, 0.3) is 0 Å². The number of rotatable bonds is 72. The van der Waals surface area contributed by atoms with Gasteiger partial charge in [0.2, 0.25) is 0 Å². The Bertz CT molecular complexity index is 2240. The Morgan fingerprint density at radius 2 is 0.541 bits per heavy atom. The third-order valence-corrected chi connectivity index (χ3v) is 17.9. The minimum atomic E-state index is -4.99. The molecule has 0 rings (SSSR count). The molecule has 566 valence electrons. The summed E-state index contributed by atoms with van der Waals surface area (Å²) in [5.74, 6) is -2.27. The summed E-state index contributed by atoms with van der Waals surface area (Å²) in [7, 11) is -9.97. The van der Waals surface area contributed by atoms with Crippen LogP contribution in [-0.2, 0) is 65.4 Å². The van der Waals surface area contributed by atoms with Gasteiger partial charge in [0.1, 0.15) is 19.3 Å². The van der Waals surface area contributed by atoms with Gasteiger partial charge in [-0.1, -0.05) is 253 Å². The van der Waals surface area contributed by atoms with Crippen molar-refractivity contribution in [2.24, 2.45) is 0 Å². The number of unbranched alkanes of at least 4 members (excludes halogenated alkanes) is 31. The number of aliphatic hydroxyl groups is 1. The first-order valence-corrected chi connectivity index (χ1v) is 41.5. The molecule has 0 aromatic heterocycles. The van der Waals surface area contributed by atoms with E-state index in [0.29, 0.717) is 32.1 Å². The Morgan fingerprint density at radius 1 is 0.296 bits per heavy atom. The predicted octanol–water partition coefficient (Wildman–Crippen LogP) is 22.0. The first-order chi connectivity index (χ1) is 47.7. The fraction of sp³-hybridized carbons (Fsp3) is 0.747. The fourth-order valence-electron chi connectivity index (χ4n) is 10.1. The van der Waals surface area contributed by atoms with Gasteiger partial charge in [0.05, 0.1) is 26.4 Å². The number of aliphatic hydroxyl groups excluding tert-OH is 1. The van der Waals surface area contributed by atoms with Crippen LogP contribution < -0.4 is 0 Å². The van der Waals surface area contributed by atoms with Gasteiger partial charge < -0.3 is 33.8 Å². The zero-order valence-corrected chi connectivity index (χ0v) is 63.5. The summed E-state index contributed by atoms with van der Waals surface area (Å²) in [4.78, 5) is 72.8. The molecule has 19 heteroatoms. The van der Waals surface area contributed by atoms with E-state index in [2.05, 4.69) is 113 Å². The molecular weight excluding hydrogens is 1280 g/mol. The van der Waals surface area contributed by atoms with Gasteiger partial charge in [-0.3, -0.25) is 37.3 Å². The topological polar surface area (TPSA) is 237 Å². The molecule has 2 unspecified atom stereocenters. The van der Waals surface area contributed by atoms with Crippen molar-refractivity contribution < 1.29 is 80.2 Å². The van der Waals surface area contributed by atoms with Crippen molar-refractivity contribution in [1.29, 1.82) is 0 Å². The van der Waals surface area contributed by atoms with Gasteiger partial charge in [-0.2, -0.15) is 0 Å². The number of carbonyl (C=O) groups is 4. The van der Waals surface area contributed by atoms with Crippen molar-refractivity contribution in [2.45, 2.75) is 341 Å². The SMILES string of the molecule is CCCCC/C=C\C/C=C\C/C=C\C/C=C\CCCC(=O)O[C@H](COC(=O)CCCCCCC/C=C\C=C/CCCCCC)COP(=O)(O)OC[C@@H](O)COP(=O)(O)OC[C@@H](COC(=O)CCCCCCC/C=C\CCCCCC)OC(=O)CCCCCCC/C=C\CCCCCC. The number of allylic oxidation sites excluding steroid dienone is 16. The summed E-state index contributed by atoms with van der Waals surface area (Å²) < 4.78 is 68.4. The molecular formula is C79H138O17P2. The molecule has 0 amide bonds. The Labute approximate surface area is 595 Å². The van der Waals surface area contributed by atoms with E-state index < -0.39 is 97.5 Å². The molecule has 0 heterocycles. The molecule has 17 nitrogen and oxygen atoms in total. The van der Waals surface area contributed by atoms with Gasteiger partial charge in [-0.05, 0) is 141 Å².